The van der Waals surface area contributed by atoms with Crippen molar-refractivity contribution in [1.29, 1.82) is 0 Å². The summed E-state index contributed by atoms with van der Waals surface area (Å²) in [6, 6.07) is 20.9. The van der Waals surface area contributed by atoms with Crippen molar-refractivity contribution in [3.8, 4) is 28.4 Å². The van der Waals surface area contributed by atoms with Crippen molar-refractivity contribution in [2.24, 2.45) is 0 Å². The molecule has 2 heterocycles. The van der Waals surface area contributed by atoms with E-state index in [0.717, 1.165) is 11.1 Å². The summed E-state index contributed by atoms with van der Waals surface area (Å²) in [5.41, 5.74) is 2.20. The van der Waals surface area contributed by atoms with Gasteiger partial charge in [-0.2, -0.15) is 0 Å². The summed E-state index contributed by atoms with van der Waals surface area (Å²) in [6.07, 6.45) is 0.808. The van der Waals surface area contributed by atoms with E-state index < -0.39 is 36.4 Å². The predicted molar refractivity (Wildman–Crippen MR) is 158 cm³/mol. The molecule has 4 atom stereocenters. The number of hydrogen-bond donors (Lipinski definition) is 1. The van der Waals surface area contributed by atoms with Gasteiger partial charge < -0.3 is 33.5 Å². The van der Waals surface area contributed by atoms with Crippen molar-refractivity contribution in [3.05, 3.63) is 91.0 Å². The Morgan fingerprint density at radius 3 is 1.95 bits per heavy atom. The first kappa shape index (κ1) is 30.9. The summed E-state index contributed by atoms with van der Waals surface area (Å²) < 4.78 is 32.7. The number of aliphatic hydroxyl groups excluding tert-OH is 1. The van der Waals surface area contributed by atoms with Gasteiger partial charge in [-0.3, -0.25) is 9.59 Å². The van der Waals surface area contributed by atoms with Crippen molar-refractivity contribution in [1.82, 2.24) is 0 Å². The standard InChI is InChI=1S/C34H34O10/c1-2-19-39-25-13-11-24(12-14-25)34(38)43-27-17-9-23(10-18-27)22-7-15-26(16-8-22)42-30(36)5-3-4-6-31(37)44-29-21-41-32-28(35)20-40-33(29)32/h2,7-18,28-29,32-33,35H,1,3-6,19-21H2/t28-,29+,32+,33+/m1/s1. The lowest BCUT2D eigenvalue weighted by molar-refractivity contribution is -0.154. The summed E-state index contributed by atoms with van der Waals surface area (Å²) in [6.45, 7) is 4.36. The highest BCUT2D eigenvalue weighted by atomic mass is 16.6. The number of ether oxygens (including phenoxy) is 6. The van der Waals surface area contributed by atoms with Crippen molar-refractivity contribution in [2.45, 2.75) is 50.1 Å². The minimum Gasteiger partial charge on any atom is -0.490 e. The Bertz CT molecular complexity index is 1430. The Kier molecular flexibility index (Phi) is 10.4. The molecule has 230 valence electrons. The van der Waals surface area contributed by atoms with Crippen LogP contribution in [0.1, 0.15) is 36.0 Å². The molecule has 2 aliphatic heterocycles. The summed E-state index contributed by atoms with van der Waals surface area (Å²) in [5.74, 6) is 0.207. The van der Waals surface area contributed by atoms with E-state index in [-0.39, 0.29) is 32.0 Å². The minimum atomic E-state index is -0.699. The Hall–Kier alpha value is -4.51. The summed E-state index contributed by atoms with van der Waals surface area (Å²) in [5, 5.41) is 9.78. The van der Waals surface area contributed by atoms with Gasteiger partial charge in [0.05, 0.1) is 18.8 Å². The number of fused-ring (bicyclic) bond motifs is 1. The molecule has 10 nitrogen and oxygen atoms in total. The largest absolute Gasteiger partial charge is 0.490 e. The van der Waals surface area contributed by atoms with Crippen LogP contribution in [0, 0.1) is 0 Å². The second-order valence-electron chi connectivity index (χ2n) is 10.4. The van der Waals surface area contributed by atoms with Crippen LogP contribution in [-0.4, -0.2) is 67.3 Å². The molecular weight excluding hydrogens is 568 g/mol. The fourth-order valence-electron chi connectivity index (χ4n) is 4.93. The molecule has 3 aromatic carbocycles. The maximum Gasteiger partial charge on any atom is 0.343 e. The Labute approximate surface area is 255 Å². The summed E-state index contributed by atoms with van der Waals surface area (Å²) in [7, 11) is 0. The highest BCUT2D eigenvalue weighted by Crippen LogP contribution is 2.29. The van der Waals surface area contributed by atoms with Crippen LogP contribution in [0.3, 0.4) is 0 Å². The zero-order chi connectivity index (χ0) is 30.9. The molecule has 1 N–H and O–H groups in total. The lowest BCUT2D eigenvalue weighted by atomic mass is 10.1. The first-order chi connectivity index (χ1) is 21.4. The molecule has 0 unspecified atom stereocenters. The Morgan fingerprint density at radius 1 is 0.750 bits per heavy atom. The van der Waals surface area contributed by atoms with E-state index in [1.54, 1.807) is 54.6 Å². The third-order valence-electron chi connectivity index (χ3n) is 7.22. The molecule has 3 aromatic rings. The molecule has 0 spiro atoms. The quantitative estimate of drug-likeness (QED) is 0.128. The second-order valence-corrected chi connectivity index (χ2v) is 10.4. The molecule has 0 radical (unpaired) electrons. The smallest absolute Gasteiger partial charge is 0.343 e. The molecule has 0 aliphatic carbocycles. The van der Waals surface area contributed by atoms with E-state index in [1.165, 1.54) is 0 Å². The SMILES string of the molecule is C=CCOc1ccc(C(=O)Oc2ccc(-c3ccc(OC(=O)CCCCC(=O)O[C@H]4CO[C@@H]5[C@H]4OC[C@H]5O)cc3)cc2)cc1. The van der Waals surface area contributed by atoms with E-state index >= 15 is 0 Å². The molecule has 2 aliphatic rings. The van der Waals surface area contributed by atoms with Gasteiger partial charge in [0, 0.05) is 12.8 Å². The third-order valence-corrected chi connectivity index (χ3v) is 7.22. The van der Waals surface area contributed by atoms with Crippen LogP contribution in [0.15, 0.2) is 85.5 Å². The van der Waals surface area contributed by atoms with Gasteiger partial charge >= 0.3 is 17.9 Å². The number of benzene rings is 3. The normalized spacial score (nSPS) is 20.4. The van der Waals surface area contributed by atoms with Gasteiger partial charge in [0.2, 0.25) is 0 Å². The number of unbranched alkanes of at least 4 members (excludes halogenated alkanes) is 1. The van der Waals surface area contributed by atoms with Crippen LogP contribution >= 0.6 is 0 Å². The average Bonchev–Trinajstić information content (AvgIpc) is 3.61. The monoisotopic (exact) mass is 602 g/mol. The van der Waals surface area contributed by atoms with Crippen LogP contribution in [-0.2, 0) is 23.8 Å². The van der Waals surface area contributed by atoms with Crippen molar-refractivity contribution in [2.75, 3.05) is 19.8 Å². The Morgan fingerprint density at radius 2 is 1.32 bits per heavy atom. The van der Waals surface area contributed by atoms with Crippen LogP contribution < -0.4 is 14.2 Å². The first-order valence-corrected chi connectivity index (χ1v) is 14.5. The topological polar surface area (TPSA) is 127 Å². The van der Waals surface area contributed by atoms with Crippen LogP contribution in [0.5, 0.6) is 17.2 Å². The fourth-order valence-corrected chi connectivity index (χ4v) is 4.93. The Balaban J connectivity index is 1.01. The molecule has 2 fully saturated rings. The number of esters is 3. The number of carbonyl (C=O) groups is 3. The van der Waals surface area contributed by atoms with Crippen LogP contribution in [0.4, 0.5) is 0 Å². The van der Waals surface area contributed by atoms with Gasteiger partial charge in [-0.05, 0) is 72.5 Å². The van der Waals surface area contributed by atoms with Gasteiger partial charge in [0.25, 0.3) is 0 Å². The maximum absolute atomic E-state index is 12.5. The molecule has 0 aromatic heterocycles. The van der Waals surface area contributed by atoms with E-state index in [2.05, 4.69) is 6.58 Å². The average molecular weight is 603 g/mol. The highest BCUT2D eigenvalue weighted by Gasteiger charge is 2.48. The fraction of sp³-hybridized carbons (Fsp3) is 0.324. The minimum absolute atomic E-state index is 0.162. The van der Waals surface area contributed by atoms with Crippen LogP contribution in [0.25, 0.3) is 11.1 Å². The second kappa shape index (κ2) is 14.8. The van der Waals surface area contributed by atoms with Crippen molar-refractivity contribution < 1.29 is 47.9 Å². The molecular formula is C34H34O10. The zero-order valence-electron chi connectivity index (χ0n) is 24.1. The molecule has 5 rings (SSSR count). The lowest BCUT2D eigenvalue weighted by Gasteiger charge is -2.16. The van der Waals surface area contributed by atoms with Gasteiger partial charge in [-0.1, -0.05) is 36.9 Å². The highest BCUT2D eigenvalue weighted by molar-refractivity contribution is 5.91. The van der Waals surface area contributed by atoms with E-state index in [1.807, 2.05) is 24.3 Å². The molecule has 10 heteroatoms. The van der Waals surface area contributed by atoms with Gasteiger partial charge in [0.1, 0.15) is 42.2 Å². The number of rotatable bonds is 13. The van der Waals surface area contributed by atoms with E-state index in [4.69, 9.17) is 28.4 Å². The number of hydrogen-bond acceptors (Lipinski definition) is 10. The van der Waals surface area contributed by atoms with Gasteiger partial charge in [-0.25, -0.2) is 4.79 Å². The molecule has 0 saturated carbocycles. The zero-order valence-corrected chi connectivity index (χ0v) is 24.1. The van der Waals surface area contributed by atoms with E-state index in [0.29, 0.717) is 42.3 Å². The van der Waals surface area contributed by atoms with Crippen LogP contribution in [0.2, 0.25) is 0 Å². The van der Waals surface area contributed by atoms with Crippen molar-refractivity contribution in [3.63, 3.8) is 0 Å². The third kappa shape index (κ3) is 8.10. The first-order valence-electron chi connectivity index (χ1n) is 14.5. The summed E-state index contributed by atoms with van der Waals surface area (Å²) >= 11 is 0. The van der Waals surface area contributed by atoms with Gasteiger partial charge in [0.15, 0.2) is 6.10 Å². The lowest BCUT2D eigenvalue weighted by Crippen LogP contribution is -2.34. The number of carbonyl (C=O) groups excluding carboxylic acids is 3. The predicted octanol–water partition coefficient (Wildman–Crippen LogP) is 4.67. The molecule has 0 amide bonds. The van der Waals surface area contributed by atoms with Gasteiger partial charge in [-0.15, -0.1) is 0 Å². The van der Waals surface area contributed by atoms with E-state index in [9.17, 15) is 19.5 Å². The molecule has 44 heavy (non-hydrogen) atoms. The maximum atomic E-state index is 12.5. The molecule has 2 saturated heterocycles. The summed E-state index contributed by atoms with van der Waals surface area (Å²) in [4.78, 5) is 36.9. The van der Waals surface area contributed by atoms with Crippen molar-refractivity contribution >= 4 is 17.9 Å². The molecule has 0 bridgehead atoms. The number of aliphatic hydroxyl groups is 1.